The largest absolute Gasteiger partial charge is 0.496 e. The van der Waals surface area contributed by atoms with E-state index in [1.807, 2.05) is 24.3 Å². The summed E-state index contributed by atoms with van der Waals surface area (Å²) in [4.78, 5) is 27.3. The fraction of sp³-hybridized carbons (Fsp3) is 0.600. The smallest absolute Gasteiger partial charge is 0.225 e. The van der Waals surface area contributed by atoms with Crippen LogP contribution in [0.15, 0.2) is 24.3 Å². The van der Waals surface area contributed by atoms with Crippen LogP contribution in [0.5, 0.6) is 5.75 Å². The number of piperidine rings is 1. The molecule has 0 spiro atoms. The van der Waals surface area contributed by atoms with E-state index in [2.05, 4.69) is 19.2 Å². The molecule has 0 saturated carbocycles. The lowest BCUT2D eigenvalue weighted by Crippen LogP contribution is -2.49. The molecule has 0 radical (unpaired) electrons. The summed E-state index contributed by atoms with van der Waals surface area (Å²) in [7, 11) is 3.22. The summed E-state index contributed by atoms with van der Waals surface area (Å²) in [6.45, 7) is 5.63. The molecular formula is C20H30N2O4. The lowest BCUT2D eigenvalue weighted by molar-refractivity contribution is -0.144. The minimum Gasteiger partial charge on any atom is -0.496 e. The standard InChI is InChI=1S/C20H30N2O4/c1-14(2)13-21-20(24)16-9-10-18(23)22(11-12-25-3)19(16)15-7-5-6-8-17(15)26-4/h5-8,14,16,19H,9-13H2,1-4H3,(H,21,24)/t16-,19+/m1/s1. The lowest BCUT2D eigenvalue weighted by atomic mass is 9.83. The Morgan fingerprint density at radius 1 is 1.31 bits per heavy atom. The second-order valence-corrected chi connectivity index (χ2v) is 7.05. The van der Waals surface area contributed by atoms with Gasteiger partial charge in [0.25, 0.3) is 0 Å². The molecule has 1 fully saturated rings. The van der Waals surface area contributed by atoms with Crippen LogP contribution >= 0.6 is 0 Å². The first-order valence-electron chi connectivity index (χ1n) is 9.18. The third-order valence-corrected chi connectivity index (χ3v) is 4.72. The Morgan fingerprint density at radius 3 is 2.69 bits per heavy atom. The fourth-order valence-corrected chi connectivity index (χ4v) is 3.41. The molecule has 0 unspecified atom stereocenters. The molecule has 1 aliphatic heterocycles. The van der Waals surface area contributed by atoms with Crippen molar-refractivity contribution in [1.29, 1.82) is 0 Å². The van der Waals surface area contributed by atoms with Crippen molar-refractivity contribution in [2.24, 2.45) is 11.8 Å². The number of carbonyl (C=O) groups is 2. The van der Waals surface area contributed by atoms with E-state index >= 15 is 0 Å². The van der Waals surface area contributed by atoms with Crippen LogP contribution in [0.2, 0.25) is 0 Å². The molecule has 0 aromatic heterocycles. The van der Waals surface area contributed by atoms with E-state index in [0.717, 1.165) is 5.56 Å². The molecule has 1 aromatic rings. The van der Waals surface area contributed by atoms with E-state index in [4.69, 9.17) is 9.47 Å². The molecule has 144 valence electrons. The van der Waals surface area contributed by atoms with Crippen molar-refractivity contribution in [2.45, 2.75) is 32.7 Å². The Morgan fingerprint density at radius 2 is 2.04 bits per heavy atom. The Balaban J connectivity index is 2.38. The quantitative estimate of drug-likeness (QED) is 0.771. The molecular weight excluding hydrogens is 332 g/mol. The summed E-state index contributed by atoms with van der Waals surface area (Å²) in [5.74, 6) is 0.796. The molecule has 2 rings (SSSR count). The maximum absolute atomic E-state index is 12.9. The van der Waals surface area contributed by atoms with Crippen LogP contribution < -0.4 is 10.1 Å². The molecule has 1 aromatic carbocycles. The Kier molecular flexibility index (Phi) is 7.45. The van der Waals surface area contributed by atoms with Gasteiger partial charge < -0.3 is 19.7 Å². The molecule has 1 saturated heterocycles. The average molecular weight is 362 g/mol. The second-order valence-electron chi connectivity index (χ2n) is 7.05. The van der Waals surface area contributed by atoms with E-state index in [1.165, 1.54) is 0 Å². The number of carbonyl (C=O) groups excluding carboxylic acids is 2. The van der Waals surface area contributed by atoms with Gasteiger partial charge in [-0.25, -0.2) is 0 Å². The number of amides is 2. The van der Waals surface area contributed by atoms with Crippen LogP contribution in [0.1, 0.15) is 38.3 Å². The molecule has 6 nitrogen and oxygen atoms in total. The molecule has 0 aliphatic carbocycles. The van der Waals surface area contributed by atoms with Crippen LogP contribution in [-0.2, 0) is 14.3 Å². The monoisotopic (exact) mass is 362 g/mol. The predicted molar refractivity (Wildman–Crippen MR) is 99.9 cm³/mol. The molecule has 1 N–H and O–H groups in total. The van der Waals surface area contributed by atoms with Crippen molar-refractivity contribution in [1.82, 2.24) is 10.2 Å². The number of methoxy groups -OCH3 is 2. The van der Waals surface area contributed by atoms with E-state index in [9.17, 15) is 9.59 Å². The minimum atomic E-state index is -0.352. The highest BCUT2D eigenvalue weighted by atomic mass is 16.5. The van der Waals surface area contributed by atoms with Gasteiger partial charge in [-0.15, -0.1) is 0 Å². The van der Waals surface area contributed by atoms with Gasteiger partial charge in [-0.05, 0) is 18.4 Å². The summed E-state index contributed by atoms with van der Waals surface area (Å²) >= 11 is 0. The number of hydrogen-bond donors (Lipinski definition) is 1. The summed E-state index contributed by atoms with van der Waals surface area (Å²) < 4.78 is 10.7. The zero-order valence-electron chi connectivity index (χ0n) is 16.2. The van der Waals surface area contributed by atoms with Gasteiger partial charge in [-0.3, -0.25) is 9.59 Å². The van der Waals surface area contributed by atoms with Gasteiger partial charge in [0.05, 0.1) is 25.7 Å². The van der Waals surface area contributed by atoms with Crippen LogP contribution in [0.25, 0.3) is 0 Å². The average Bonchev–Trinajstić information content (AvgIpc) is 2.64. The van der Waals surface area contributed by atoms with E-state index in [1.54, 1.807) is 19.1 Å². The number of nitrogens with zero attached hydrogens (tertiary/aromatic N) is 1. The fourth-order valence-electron chi connectivity index (χ4n) is 3.41. The highest BCUT2D eigenvalue weighted by Gasteiger charge is 2.41. The summed E-state index contributed by atoms with van der Waals surface area (Å²) in [5, 5.41) is 3.03. The van der Waals surface area contributed by atoms with E-state index in [-0.39, 0.29) is 23.8 Å². The minimum absolute atomic E-state index is 0.00970. The Labute approximate surface area is 155 Å². The van der Waals surface area contributed by atoms with Crippen molar-refractivity contribution in [3.63, 3.8) is 0 Å². The summed E-state index contributed by atoms with van der Waals surface area (Å²) in [6, 6.07) is 7.25. The molecule has 6 heteroatoms. The molecule has 2 amide bonds. The summed E-state index contributed by atoms with van der Waals surface area (Å²) in [5.41, 5.74) is 0.865. The first-order valence-corrected chi connectivity index (χ1v) is 9.18. The van der Waals surface area contributed by atoms with Gasteiger partial charge in [0, 0.05) is 32.2 Å². The number of ether oxygens (including phenoxy) is 2. The zero-order chi connectivity index (χ0) is 19.1. The predicted octanol–water partition coefficient (Wildman–Crippen LogP) is 2.39. The summed E-state index contributed by atoms with van der Waals surface area (Å²) in [6.07, 6.45) is 0.907. The molecule has 1 aliphatic rings. The van der Waals surface area contributed by atoms with Crippen molar-refractivity contribution in [3.05, 3.63) is 29.8 Å². The maximum Gasteiger partial charge on any atom is 0.225 e. The highest BCUT2D eigenvalue weighted by Crippen LogP contribution is 2.40. The van der Waals surface area contributed by atoms with Crippen LogP contribution in [0.3, 0.4) is 0 Å². The first-order chi connectivity index (χ1) is 12.5. The topological polar surface area (TPSA) is 67.9 Å². The Hall–Kier alpha value is -2.08. The van der Waals surface area contributed by atoms with Crippen LogP contribution in [0.4, 0.5) is 0 Å². The number of para-hydroxylation sites is 1. The lowest BCUT2D eigenvalue weighted by Gasteiger charge is -2.41. The van der Waals surface area contributed by atoms with Gasteiger partial charge in [0.2, 0.25) is 11.8 Å². The van der Waals surface area contributed by atoms with Crippen LogP contribution in [0, 0.1) is 11.8 Å². The molecule has 26 heavy (non-hydrogen) atoms. The van der Waals surface area contributed by atoms with Crippen molar-refractivity contribution in [2.75, 3.05) is 33.9 Å². The van der Waals surface area contributed by atoms with Gasteiger partial charge in [0.15, 0.2) is 0 Å². The number of hydrogen-bond acceptors (Lipinski definition) is 4. The highest BCUT2D eigenvalue weighted by molar-refractivity contribution is 5.85. The third kappa shape index (κ3) is 4.75. The number of benzene rings is 1. The number of rotatable bonds is 8. The number of nitrogens with one attached hydrogen (secondary N) is 1. The zero-order valence-corrected chi connectivity index (χ0v) is 16.2. The normalized spacial score (nSPS) is 20.3. The molecule has 0 bridgehead atoms. The molecule has 1 heterocycles. The van der Waals surface area contributed by atoms with Gasteiger partial charge in [-0.1, -0.05) is 32.0 Å². The van der Waals surface area contributed by atoms with E-state index in [0.29, 0.717) is 44.2 Å². The first kappa shape index (κ1) is 20.2. The van der Waals surface area contributed by atoms with Gasteiger partial charge >= 0.3 is 0 Å². The Bertz CT molecular complexity index is 618. The van der Waals surface area contributed by atoms with Gasteiger partial charge in [-0.2, -0.15) is 0 Å². The molecule has 2 atom stereocenters. The number of likely N-dealkylation sites (tertiary alicyclic amines) is 1. The van der Waals surface area contributed by atoms with E-state index < -0.39 is 0 Å². The third-order valence-electron chi connectivity index (χ3n) is 4.72. The second kappa shape index (κ2) is 9.57. The maximum atomic E-state index is 12.9. The van der Waals surface area contributed by atoms with Crippen molar-refractivity contribution >= 4 is 11.8 Å². The van der Waals surface area contributed by atoms with Crippen molar-refractivity contribution in [3.8, 4) is 5.75 Å². The van der Waals surface area contributed by atoms with Crippen LogP contribution in [-0.4, -0.2) is 50.6 Å². The van der Waals surface area contributed by atoms with Gasteiger partial charge in [0.1, 0.15) is 5.75 Å². The van der Waals surface area contributed by atoms with Crippen molar-refractivity contribution < 1.29 is 19.1 Å². The SMILES string of the molecule is COCCN1C(=O)CC[C@@H](C(=O)NCC(C)C)[C@@H]1c1ccccc1OC.